The maximum atomic E-state index is 11.4. The van der Waals surface area contributed by atoms with Crippen molar-refractivity contribution >= 4 is 11.9 Å². The van der Waals surface area contributed by atoms with Crippen molar-refractivity contribution in [2.24, 2.45) is 5.73 Å². The van der Waals surface area contributed by atoms with Gasteiger partial charge in [0.15, 0.2) is 0 Å². The van der Waals surface area contributed by atoms with Crippen molar-refractivity contribution in [1.82, 2.24) is 5.32 Å². The molecule has 0 fully saturated rings. The molecule has 0 bridgehead atoms. The zero-order valence-electron chi connectivity index (χ0n) is 10.3. The van der Waals surface area contributed by atoms with E-state index in [0.717, 1.165) is 0 Å². The number of rotatable bonds is 6. The number of carboxylic acid groups (broad SMARTS) is 1. The van der Waals surface area contributed by atoms with Crippen LogP contribution in [0.5, 0.6) is 0 Å². The van der Waals surface area contributed by atoms with Gasteiger partial charge in [-0.3, -0.25) is 4.79 Å². The van der Waals surface area contributed by atoms with Crippen LogP contribution in [0.25, 0.3) is 0 Å². The molecule has 18 heavy (non-hydrogen) atoms. The molecule has 0 aliphatic carbocycles. The maximum Gasteiger partial charge on any atom is 0.335 e. The molecule has 5 heteroatoms. The van der Waals surface area contributed by atoms with Gasteiger partial charge in [0, 0.05) is 6.54 Å². The van der Waals surface area contributed by atoms with Crippen LogP contribution in [0.4, 0.5) is 0 Å². The number of nitrogens with two attached hydrogens (primary N) is 1. The third kappa shape index (κ3) is 3.85. The number of aromatic carboxylic acids is 1. The number of hydrogen-bond acceptors (Lipinski definition) is 3. The summed E-state index contributed by atoms with van der Waals surface area (Å²) in [6, 6.07) is 6.26. The molecule has 1 aromatic carbocycles. The molecule has 0 saturated heterocycles. The van der Waals surface area contributed by atoms with Crippen molar-refractivity contribution in [3.63, 3.8) is 0 Å². The van der Waals surface area contributed by atoms with Crippen molar-refractivity contribution in [2.45, 2.75) is 25.8 Å². The fourth-order valence-corrected chi connectivity index (χ4v) is 1.58. The van der Waals surface area contributed by atoms with Gasteiger partial charge < -0.3 is 16.2 Å². The number of carboxylic acids is 1. The average Bonchev–Trinajstić information content (AvgIpc) is 2.38. The molecular formula is C13H18N2O3. The Morgan fingerprint density at radius 3 is 2.67 bits per heavy atom. The minimum absolute atomic E-state index is 0.203. The van der Waals surface area contributed by atoms with Gasteiger partial charge in [-0.2, -0.15) is 0 Å². The lowest BCUT2D eigenvalue weighted by molar-refractivity contribution is -0.122. The first kappa shape index (κ1) is 14.2. The van der Waals surface area contributed by atoms with Crippen LogP contribution < -0.4 is 11.1 Å². The van der Waals surface area contributed by atoms with Crippen molar-refractivity contribution in [2.75, 3.05) is 6.54 Å². The SMILES string of the molecule is CC[C@H](N)C(=O)NCCc1ccccc1C(=O)O. The van der Waals surface area contributed by atoms with Crippen LogP contribution in [-0.2, 0) is 11.2 Å². The highest BCUT2D eigenvalue weighted by atomic mass is 16.4. The summed E-state index contributed by atoms with van der Waals surface area (Å²) < 4.78 is 0. The van der Waals surface area contributed by atoms with E-state index in [1.165, 1.54) is 0 Å². The van der Waals surface area contributed by atoms with E-state index in [9.17, 15) is 9.59 Å². The van der Waals surface area contributed by atoms with Gasteiger partial charge in [-0.05, 0) is 24.5 Å². The highest BCUT2D eigenvalue weighted by molar-refractivity contribution is 5.89. The second-order valence-electron chi connectivity index (χ2n) is 4.02. The van der Waals surface area contributed by atoms with Crippen LogP contribution in [0.15, 0.2) is 24.3 Å². The van der Waals surface area contributed by atoms with E-state index in [0.29, 0.717) is 24.9 Å². The van der Waals surface area contributed by atoms with E-state index in [1.807, 2.05) is 6.92 Å². The Kier molecular flexibility index (Phi) is 5.32. The summed E-state index contributed by atoms with van der Waals surface area (Å²) in [5.41, 5.74) is 6.54. The summed E-state index contributed by atoms with van der Waals surface area (Å²) in [7, 11) is 0. The Morgan fingerprint density at radius 2 is 2.06 bits per heavy atom. The van der Waals surface area contributed by atoms with Crippen LogP contribution in [0.2, 0.25) is 0 Å². The van der Waals surface area contributed by atoms with Crippen molar-refractivity contribution in [3.8, 4) is 0 Å². The van der Waals surface area contributed by atoms with Gasteiger partial charge in [0.2, 0.25) is 5.91 Å². The number of carbonyl (C=O) groups is 2. The van der Waals surface area contributed by atoms with E-state index in [4.69, 9.17) is 10.8 Å². The first-order valence-corrected chi connectivity index (χ1v) is 5.90. The Bertz CT molecular complexity index is 432. The lowest BCUT2D eigenvalue weighted by Gasteiger charge is -2.10. The van der Waals surface area contributed by atoms with Gasteiger partial charge in [-0.1, -0.05) is 25.1 Å². The topological polar surface area (TPSA) is 92.4 Å². The second-order valence-corrected chi connectivity index (χ2v) is 4.02. The summed E-state index contributed by atoms with van der Waals surface area (Å²) in [6.07, 6.45) is 1.06. The highest BCUT2D eigenvalue weighted by Gasteiger charge is 2.11. The quantitative estimate of drug-likeness (QED) is 0.695. The molecule has 0 aliphatic heterocycles. The summed E-state index contributed by atoms with van der Waals surface area (Å²) >= 11 is 0. The molecule has 1 amide bonds. The number of carbonyl (C=O) groups excluding carboxylic acids is 1. The summed E-state index contributed by atoms with van der Waals surface area (Å²) in [4.78, 5) is 22.4. The molecule has 1 rings (SSSR count). The molecule has 0 aliphatic rings. The normalized spacial score (nSPS) is 11.9. The number of amides is 1. The molecule has 4 N–H and O–H groups in total. The fourth-order valence-electron chi connectivity index (χ4n) is 1.58. The van der Waals surface area contributed by atoms with Crippen LogP contribution in [0.3, 0.4) is 0 Å². The fraction of sp³-hybridized carbons (Fsp3) is 0.385. The third-order valence-electron chi connectivity index (χ3n) is 2.72. The summed E-state index contributed by atoms with van der Waals surface area (Å²) in [5, 5.41) is 11.7. The minimum atomic E-state index is -0.956. The van der Waals surface area contributed by atoms with Crippen LogP contribution in [0, 0.1) is 0 Å². The van der Waals surface area contributed by atoms with Gasteiger partial charge in [0.25, 0.3) is 0 Å². The number of hydrogen-bond donors (Lipinski definition) is 3. The predicted octanol–water partition coefficient (Wildman–Crippen LogP) is 0.781. The van der Waals surface area contributed by atoms with Gasteiger partial charge >= 0.3 is 5.97 Å². The summed E-state index contributed by atoms with van der Waals surface area (Å²) in [6.45, 7) is 2.22. The molecule has 5 nitrogen and oxygen atoms in total. The lowest BCUT2D eigenvalue weighted by Crippen LogP contribution is -2.40. The Hall–Kier alpha value is -1.88. The zero-order valence-corrected chi connectivity index (χ0v) is 10.3. The zero-order chi connectivity index (χ0) is 13.5. The van der Waals surface area contributed by atoms with Crippen molar-refractivity contribution in [3.05, 3.63) is 35.4 Å². The molecule has 0 unspecified atom stereocenters. The van der Waals surface area contributed by atoms with Gasteiger partial charge in [0.05, 0.1) is 11.6 Å². The molecule has 0 spiro atoms. The molecule has 0 aromatic heterocycles. The van der Waals surface area contributed by atoms with E-state index < -0.39 is 12.0 Å². The van der Waals surface area contributed by atoms with E-state index in [2.05, 4.69) is 5.32 Å². The number of benzene rings is 1. The van der Waals surface area contributed by atoms with Crippen LogP contribution in [0.1, 0.15) is 29.3 Å². The first-order valence-electron chi connectivity index (χ1n) is 5.90. The van der Waals surface area contributed by atoms with Crippen LogP contribution >= 0.6 is 0 Å². The highest BCUT2D eigenvalue weighted by Crippen LogP contribution is 2.08. The Balaban J connectivity index is 2.54. The molecule has 1 atom stereocenters. The molecule has 0 saturated carbocycles. The van der Waals surface area contributed by atoms with E-state index >= 15 is 0 Å². The molecule has 0 heterocycles. The summed E-state index contributed by atoms with van der Waals surface area (Å²) in [5.74, 6) is -1.16. The van der Waals surface area contributed by atoms with E-state index in [-0.39, 0.29) is 11.5 Å². The Morgan fingerprint density at radius 1 is 1.39 bits per heavy atom. The molecule has 98 valence electrons. The smallest absolute Gasteiger partial charge is 0.335 e. The van der Waals surface area contributed by atoms with Gasteiger partial charge in [-0.15, -0.1) is 0 Å². The van der Waals surface area contributed by atoms with Crippen molar-refractivity contribution < 1.29 is 14.7 Å². The minimum Gasteiger partial charge on any atom is -0.478 e. The lowest BCUT2D eigenvalue weighted by atomic mass is 10.0. The standard InChI is InChI=1S/C13H18N2O3/c1-2-11(14)12(16)15-8-7-9-5-3-4-6-10(9)13(17)18/h3-6,11H,2,7-8,14H2,1H3,(H,15,16)(H,17,18)/t11-/m0/s1. The average molecular weight is 250 g/mol. The monoisotopic (exact) mass is 250 g/mol. The van der Waals surface area contributed by atoms with E-state index in [1.54, 1.807) is 24.3 Å². The number of nitrogens with one attached hydrogen (secondary N) is 1. The largest absolute Gasteiger partial charge is 0.478 e. The second kappa shape index (κ2) is 6.76. The molecule has 0 radical (unpaired) electrons. The van der Waals surface area contributed by atoms with Crippen molar-refractivity contribution in [1.29, 1.82) is 0 Å². The first-order chi connectivity index (χ1) is 8.56. The van der Waals surface area contributed by atoms with Gasteiger partial charge in [0.1, 0.15) is 0 Å². The Labute approximate surface area is 106 Å². The molecule has 1 aromatic rings. The maximum absolute atomic E-state index is 11.4. The predicted molar refractivity (Wildman–Crippen MR) is 68.4 cm³/mol. The van der Waals surface area contributed by atoms with Gasteiger partial charge in [-0.25, -0.2) is 4.79 Å². The molecular weight excluding hydrogens is 232 g/mol. The third-order valence-corrected chi connectivity index (χ3v) is 2.72. The van der Waals surface area contributed by atoms with Crippen LogP contribution in [-0.4, -0.2) is 29.6 Å².